The number of nitrogens with zero attached hydrogens (tertiary/aromatic N) is 1. The van der Waals surface area contributed by atoms with E-state index in [-0.39, 0.29) is 24.2 Å². The van der Waals surface area contributed by atoms with E-state index in [1.165, 1.54) is 0 Å². The van der Waals surface area contributed by atoms with E-state index in [0.29, 0.717) is 37.3 Å². The van der Waals surface area contributed by atoms with Gasteiger partial charge in [0.2, 0.25) is 11.8 Å². The van der Waals surface area contributed by atoms with Crippen LogP contribution in [0.15, 0.2) is 18.2 Å². The van der Waals surface area contributed by atoms with Crippen LogP contribution in [0.2, 0.25) is 0 Å². The third-order valence-electron chi connectivity index (χ3n) is 4.26. The van der Waals surface area contributed by atoms with E-state index < -0.39 is 0 Å². The van der Waals surface area contributed by atoms with Crippen LogP contribution in [0.25, 0.3) is 0 Å². The van der Waals surface area contributed by atoms with Gasteiger partial charge >= 0.3 is 0 Å². The number of fused-ring (bicyclic) bond motifs is 1. The van der Waals surface area contributed by atoms with Crippen molar-refractivity contribution in [3.05, 3.63) is 18.2 Å². The molecule has 3 aliphatic rings. The minimum Gasteiger partial charge on any atom is -0.486 e. The number of nitrogens with one attached hydrogen (secondary N) is 1. The molecule has 1 atom stereocenters. The van der Waals surface area contributed by atoms with E-state index in [0.717, 1.165) is 18.5 Å². The molecule has 1 aromatic rings. The summed E-state index contributed by atoms with van der Waals surface area (Å²) in [7, 11) is 0. The summed E-state index contributed by atoms with van der Waals surface area (Å²) in [6.45, 7) is 1.48. The standard InChI is InChI=1S/C16H18N2O4/c19-15-7-10(16(20)17-11-1-2-11)9-18(15)12-3-4-13-14(8-12)22-6-5-21-13/h3-4,8,10-11H,1-2,5-7,9H2,(H,17,20)/t10-/m1/s1. The minimum atomic E-state index is -0.263. The van der Waals surface area contributed by atoms with Crippen molar-refractivity contribution < 1.29 is 19.1 Å². The maximum atomic E-state index is 12.2. The van der Waals surface area contributed by atoms with Gasteiger partial charge in [-0.05, 0) is 25.0 Å². The lowest BCUT2D eigenvalue weighted by Gasteiger charge is -2.22. The summed E-state index contributed by atoms with van der Waals surface area (Å²) in [5, 5.41) is 2.98. The van der Waals surface area contributed by atoms with Crippen molar-refractivity contribution in [3.8, 4) is 11.5 Å². The molecule has 0 bridgehead atoms. The summed E-state index contributed by atoms with van der Waals surface area (Å²) in [6.07, 6.45) is 2.38. The van der Waals surface area contributed by atoms with Gasteiger partial charge in [-0.25, -0.2) is 0 Å². The summed E-state index contributed by atoms with van der Waals surface area (Å²) in [4.78, 5) is 26.0. The Morgan fingerprint density at radius 3 is 2.73 bits per heavy atom. The zero-order valence-electron chi connectivity index (χ0n) is 12.2. The lowest BCUT2D eigenvalue weighted by Crippen LogP contribution is -2.34. The monoisotopic (exact) mass is 302 g/mol. The Labute approximate surface area is 128 Å². The Kier molecular flexibility index (Phi) is 3.17. The molecule has 1 saturated heterocycles. The fourth-order valence-electron chi connectivity index (χ4n) is 2.88. The summed E-state index contributed by atoms with van der Waals surface area (Å²) in [5.41, 5.74) is 0.760. The Hall–Kier alpha value is -2.24. The van der Waals surface area contributed by atoms with Crippen molar-refractivity contribution in [2.45, 2.75) is 25.3 Å². The Morgan fingerprint density at radius 2 is 1.95 bits per heavy atom. The van der Waals surface area contributed by atoms with Crippen LogP contribution in [0.3, 0.4) is 0 Å². The third-order valence-corrected chi connectivity index (χ3v) is 4.26. The zero-order chi connectivity index (χ0) is 15.1. The van der Waals surface area contributed by atoms with Crippen molar-refractivity contribution >= 4 is 17.5 Å². The number of anilines is 1. The maximum Gasteiger partial charge on any atom is 0.227 e. The molecular formula is C16H18N2O4. The molecule has 0 aromatic heterocycles. The highest BCUT2D eigenvalue weighted by Gasteiger charge is 2.37. The Morgan fingerprint density at radius 1 is 1.18 bits per heavy atom. The smallest absolute Gasteiger partial charge is 0.227 e. The predicted octanol–water partition coefficient (Wildman–Crippen LogP) is 1.09. The average molecular weight is 302 g/mol. The van der Waals surface area contributed by atoms with Crippen molar-refractivity contribution in [1.82, 2.24) is 5.32 Å². The number of carbonyl (C=O) groups is 2. The molecule has 0 spiro atoms. The Bertz CT molecular complexity index is 627. The molecule has 0 unspecified atom stereocenters. The van der Waals surface area contributed by atoms with Crippen LogP contribution in [0, 0.1) is 5.92 Å². The van der Waals surface area contributed by atoms with E-state index in [4.69, 9.17) is 9.47 Å². The molecule has 4 rings (SSSR count). The molecular weight excluding hydrogens is 284 g/mol. The number of hydrogen-bond acceptors (Lipinski definition) is 4. The van der Waals surface area contributed by atoms with Crippen LogP contribution < -0.4 is 19.7 Å². The molecule has 116 valence electrons. The second kappa shape index (κ2) is 5.19. The number of hydrogen-bond donors (Lipinski definition) is 1. The minimum absolute atomic E-state index is 0.00380. The largest absolute Gasteiger partial charge is 0.486 e. The SMILES string of the molecule is O=C(NC1CC1)[C@@H]1CC(=O)N(c2ccc3c(c2)OCCO3)C1. The normalized spacial score (nSPS) is 23.5. The van der Waals surface area contributed by atoms with E-state index in [2.05, 4.69) is 5.32 Å². The number of rotatable bonds is 3. The topological polar surface area (TPSA) is 67.9 Å². The summed E-state index contributed by atoms with van der Waals surface area (Å²) in [5.74, 6) is 1.07. The fraction of sp³-hybridized carbons (Fsp3) is 0.500. The molecule has 0 radical (unpaired) electrons. The van der Waals surface area contributed by atoms with Crippen LogP contribution in [0.5, 0.6) is 11.5 Å². The first-order chi connectivity index (χ1) is 10.7. The predicted molar refractivity (Wildman–Crippen MR) is 79.1 cm³/mol. The lowest BCUT2D eigenvalue weighted by molar-refractivity contribution is -0.126. The van der Waals surface area contributed by atoms with Gasteiger partial charge < -0.3 is 19.7 Å². The van der Waals surface area contributed by atoms with Crippen molar-refractivity contribution in [2.75, 3.05) is 24.7 Å². The molecule has 2 fully saturated rings. The van der Waals surface area contributed by atoms with Gasteiger partial charge in [-0.3, -0.25) is 9.59 Å². The molecule has 1 N–H and O–H groups in total. The molecule has 2 amide bonds. The highest BCUT2D eigenvalue weighted by molar-refractivity contribution is 6.00. The van der Waals surface area contributed by atoms with Gasteiger partial charge in [0.25, 0.3) is 0 Å². The lowest BCUT2D eigenvalue weighted by atomic mass is 10.1. The van der Waals surface area contributed by atoms with Gasteiger partial charge in [0.1, 0.15) is 13.2 Å². The zero-order valence-corrected chi connectivity index (χ0v) is 12.2. The average Bonchev–Trinajstić information content (AvgIpc) is 3.26. The first kappa shape index (κ1) is 13.4. The molecule has 2 aliphatic heterocycles. The van der Waals surface area contributed by atoms with Gasteiger partial charge in [-0.15, -0.1) is 0 Å². The number of amides is 2. The molecule has 6 heteroatoms. The quantitative estimate of drug-likeness (QED) is 0.907. The summed E-state index contributed by atoms with van der Waals surface area (Å²) < 4.78 is 11.0. The van der Waals surface area contributed by atoms with Crippen molar-refractivity contribution in [2.24, 2.45) is 5.92 Å². The van der Waals surface area contributed by atoms with Crippen LogP contribution in [-0.4, -0.2) is 37.6 Å². The van der Waals surface area contributed by atoms with Crippen molar-refractivity contribution in [1.29, 1.82) is 0 Å². The van der Waals surface area contributed by atoms with Crippen LogP contribution in [0.4, 0.5) is 5.69 Å². The summed E-state index contributed by atoms with van der Waals surface area (Å²) >= 11 is 0. The molecule has 1 aromatic carbocycles. The van der Waals surface area contributed by atoms with Crippen LogP contribution >= 0.6 is 0 Å². The summed E-state index contributed by atoms with van der Waals surface area (Å²) in [6, 6.07) is 5.79. The second-order valence-corrected chi connectivity index (χ2v) is 6.02. The molecule has 22 heavy (non-hydrogen) atoms. The van der Waals surface area contributed by atoms with E-state index >= 15 is 0 Å². The number of carbonyl (C=O) groups excluding carboxylic acids is 2. The van der Waals surface area contributed by atoms with Crippen LogP contribution in [0.1, 0.15) is 19.3 Å². The molecule has 1 saturated carbocycles. The maximum absolute atomic E-state index is 12.2. The number of ether oxygens (including phenoxy) is 2. The fourth-order valence-corrected chi connectivity index (χ4v) is 2.88. The van der Waals surface area contributed by atoms with Gasteiger partial charge in [-0.1, -0.05) is 0 Å². The molecule has 2 heterocycles. The highest BCUT2D eigenvalue weighted by Crippen LogP contribution is 2.36. The van der Waals surface area contributed by atoms with E-state index in [9.17, 15) is 9.59 Å². The highest BCUT2D eigenvalue weighted by atomic mass is 16.6. The van der Waals surface area contributed by atoms with Gasteiger partial charge in [0, 0.05) is 30.8 Å². The van der Waals surface area contributed by atoms with Gasteiger partial charge in [0.05, 0.1) is 5.92 Å². The number of benzene rings is 1. The Balaban J connectivity index is 1.50. The van der Waals surface area contributed by atoms with E-state index in [1.54, 1.807) is 4.90 Å². The second-order valence-electron chi connectivity index (χ2n) is 6.02. The van der Waals surface area contributed by atoms with Crippen molar-refractivity contribution in [3.63, 3.8) is 0 Å². The first-order valence-corrected chi connectivity index (χ1v) is 7.71. The van der Waals surface area contributed by atoms with Gasteiger partial charge in [-0.2, -0.15) is 0 Å². The third kappa shape index (κ3) is 2.49. The van der Waals surface area contributed by atoms with Gasteiger partial charge in [0.15, 0.2) is 11.5 Å². The van der Waals surface area contributed by atoms with Crippen LogP contribution in [-0.2, 0) is 9.59 Å². The molecule has 6 nitrogen and oxygen atoms in total. The first-order valence-electron chi connectivity index (χ1n) is 7.71. The van der Waals surface area contributed by atoms with E-state index in [1.807, 2.05) is 18.2 Å². The molecule has 1 aliphatic carbocycles.